The maximum absolute atomic E-state index is 11.9. The third-order valence-electron chi connectivity index (χ3n) is 3.94. The van der Waals surface area contributed by atoms with E-state index in [0.717, 1.165) is 25.0 Å². The first-order chi connectivity index (χ1) is 10.3. The summed E-state index contributed by atoms with van der Waals surface area (Å²) in [5.74, 6) is -0.173. The Balaban J connectivity index is 1.93. The molecule has 1 heterocycles. The van der Waals surface area contributed by atoms with Crippen molar-refractivity contribution in [2.45, 2.75) is 19.8 Å². The van der Waals surface area contributed by atoms with Gasteiger partial charge in [-0.1, -0.05) is 26.0 Å². The summed E-state index contributed by atoms with van der Waals surface area (Å²) in [5.41, 5.74) is 2.46. The largest absolute Gasteiger partial charge is 0.368 e. The van der Waals surface area contributed by atoms with E-state index in [0.29, 0.717) is 19.0 Å². The SMILES string of the molecule is CC(C)c1ccc(N2CCN(C(=O)CS(C)(=O)=O)CC2)cc1. The second kappa shape index (κ2) is 6.69. The van der Waals surface area contributed by atoms with Gasteiger partial charge in [0.05, 0.1) is 0 Å². The molecule has 22 heavy (non-hydrogen) atoms. The molecule has 1 aromatic rings. The van der Waals surface area contributed by atoms with Gasteiger partial charge in [-0.15, -0.1) is 0 Å². The van der Waals surface area contributed by atoms with Gasteiger partial charge in [-0.25, -0.2) is 8.42 Å². The molecule has 0 spiro atoms. The number of nitrogens with zero attached hydrogens (tertiary/aromatic N) is 2. The van der Waals surface area contributed by atoms with Crippen molar-refractivity contribution in [2.75, 3.05) is 43.1 Å². The summed E-state index contributed by atoms with van der Waals surface area (Å²) in [7, 11) is -3.26. The van der Waals surface area contributed by atoms with E-state index in [1.165, 1.54) is 5.56 Å². The Hall–Kier alpha value is -1.56. The molecule has 1 amide bonds. The molecule has 0 saturated carbocycles. The van der Waals surface area contributed by atoms with Crippen molar-refractivity contribution < 1.29 is 13.2 Å². The van der Waals surface area contributed by atoms with E-state index in [9.17, 15) is 13.2 Å². The molecule has 0 aromatic heterocycles. The first kappa shape index (κ1) is 16.8. The van der Waals surface area contributed by atoms with Crippen molar-refractivity contribution in [1.82, 2.24) is 4.90 Å². The zero-order valence-corrected chi connectivity index (χ0v) is 14.3. The van der Waals surface area contributed by atoms with Crippen LogP contribution < -0.4 is 4.90 Å². The molecule has 0 N–H and O–H groups in total. The summed E-state index contributed by atoms with van der Waals surface area (Å²) >= 11 is 0. The van der Waals surface area contributed by atoms with Gasteiger partial charge in [0.1, 0.15) is 5.75 Å². The first-order valence-electron chi connectivity index (χ1n) is 7.56. The Morgan fingerprint density at radius 2 is 1.64 bits per heavy atom. The number of amides is 1. The Bertz CT molecular complexity index is 615. The van der Waals surface area contributed by atoms with Crippen molar-refractivity contribution in [3.63, 3.8) is 0 Å². The summed E-state index contributed by atoms with van der Waals surface area (Å²) in [6.07, 6.45) is 1.09. The highest BCUT2D eigenvalue weighted by Crippen LogP contribution is 2.21. The van der Waals surface area contributed by atoms with Crippen LogP contribution in [0.3, 0.4) is 0 Å². The predicted molar refractivity (Wildman–Crippen MR) is 89.0 cm³/mol. The normalized spacial score (nSPS) is 16.2. The van der Waals surface area contributed by atoms with E-state index in [1.54, 1.807) is 4.90 Å². The maximum Gasteiger partial charge on any atom is 0.237 e. The summed E-state index contributed by atoms with van der Waals surface area (Å²) < 4.78 is 22.4. The van der Waals surface area contributed by atoms with Crippen LogP contribution in [-0.2, 0) is 14.6 Å². The van der Waals surface area contributed by atoms with E-state index in [-0.39, 0.29) is 5.91 Å². The third-order valence-corrected chi connectivity index (χ3v) is 4.71. The van der Waals surface area contributed by atoms with Gasteiger partial charge in [0.25, 0.3) is 0 Å². The minimum Gasteiger partial charge on any atom is -0.368 e. The zero-order valence-electron chi connectivity index (χ0n) is 13.4. The Morgan fingerprint density at radius 1 is 1.09 bits per heavy atom. The molecule has 0 aliphatic carbocycles. The maximum atomic E-state index is 11.9. The fraction of sp³-hybridized carbons (Fsp3) is 0.562. The van der Waals surface area contributed by atoms with Crippen LogP contribution in [0.5, 0.6) is 0 Å². The van der Waals surface area contributed by atoms with Crippen LogP contribution in [0.2, 0.25) is 0 Å². The van der Waals surface area contributed by atoms with Gasteiger partial charge >= 0.3 is 0 Å². The number of carbonyl (C=O) groups is 1. The molecule has 6 heteroatoms. The Labute approximate surface area is 132 Å². The van der Waals surface area contributed by atoms with Crippen LogP contribution in [-0.4, -0.2) is 57.4 Å². The molecule has 0 radical (unpaired) electrons. The van der Waals surface area contributed by atoms with Gasteiger partial charge in [-0.05, 0) is 23.6 Å². The monoisotopic (exact) mass is 324 g/mol. The van der Waals surface area contributed by atoms with Crippen molar-refractivity contribution in [3.8, 4) is 0 Å². The summed E-state index contributed by atoms with van der Waals surface area (Å²) in [5, 5.41) is 0. The molecule has 1 aliphatic rings. The first-order valence-corrected chi connectivity index (χ1v) is 9.63. The molecule has 1 fully saturated rings. The van der Waals surface area contributed by atoms with Gasteiger partial charge in [0, 0.05) is 38.1 Å². The molecule has 0 bridgehead atoms. The van der Waals surface area contributed by atoms with E-state index in [2.05, 4.69) is 43.0 Å². The lowest BCUT2D eigenvalue weighted by Crippen LogP contribution is -2.50. The van der Waals surface area contributed by atoms with Gasteiger partial charge in [-0.3, -0.25) is 4.79 Å². The smallest absolute Gasteiger partial charge is 0.237 e. The van der Waals surface area contributed by atoms with Crippen molar-refractivity contribution in [1.29, 1.82) is 0 Å². The number of hydrogen-bond acceptors (Lipinski definition) is 4. The van der Waals surface area contributed by atoms with Gasteiger partial charge in [0.2, 0.25) is 5.91 Å². The second-order valence-corrected chi connectivity index (χ2v) is 8.32. The lowest BCUT2D eigenvalue weighted by atomic mass is 10.0. The van der Waals surface area contributed by atoms with Gasteiger partial charge in [-0.2, -0.15) is 0 Å². The number of hydrogen-bond donors (Lipinski definition) is 0. The molecular weight excluding hydrogens is 300 g/mol. The van der Waals surface area contributed by atoms with E-state index >= 15 is 0 Å². The van der Waals surface area contributed by atoms with Crippen molar-refractivity contribution in [2.24, 2.45) is 0 Å². The highest BCUT2D eigenvalue weighted by Gasteiger charge is 2.23. The fourth-order valence-electron chi connectivity index (χ4n) is 2.60. The van der Waals surface area contributed by atoms with Crippen LogP contribution in [0.1, 0.15) is 25.3 Å². The molecular formula is C16H24N2O3S. The number of benzene rings is 1. The lowest BCUT2D eigenvalue weighted by molar-refractivity contribution is -0.128. The van der Waals surface area contributed by atoms with E-state index in [1.807, 2.05) is 0 Å². The van der Waals surface area contributed by atoms with E-state index in [4.69, 9.17) is 0 Å². The number of sulfone groups is 1. The van der Waals surface area contributed by atoms with Gasteiger partial charge in [0.15, 0.2) is 9.84 Å². The number of piperazine rings is 1. The molecule has 1 saturated heterocycles. The second-order valence-electron chi connectivity index (χ2n) is 6.18. The Kier molecular flexibility index (Phi) is 5.11. The summed E-state index contributed by atoms with van der Waals surface area (Å²) in [6.45, 7) is 6.94. The quantitative estimate of drug-likeness (QED) is 0.842. The van der Waals surface area contributed by atoms with Crippen LogP contribution in [0.25, 0.3) is 0 Å². The zero-order chi connectivity index (χ0) is 16.3. The molecule has 0 atom stereocenters. The summed E-state index contributed by atoms with van der Waals surface area (Å²) in [4.78, 5) is 15.8. The topological polar surface area (TPSA) is 57.7 Å². The molecule has 0 unspecified atom stereocenters. The molecule has 1 aromatic carbocycles. The van der Waals surface area contributed by atoms with Crippen molar-refractivity contribution >= 4 is 21.4 Å². The van der Waals surface area contributed by atoms with Crippen molar-refractivity contribution in [3.05, 3.63) is 29.8 Å². The predicted octanol–water partition coefficient (Wildman–Crippen LogP) is 1.50. The molecule has 5 nitrogen and oxygen atoms in total. The third kappa shape index (κ3) is 4.47. The van der Waals surface area contributed by atoms with Gasteiger partial charge < -0.3 is 9.80 Å². The highest BCUT2D eigenvalue weighted by atomic mass is 32.2. The molecule has 1 aliphatic heterocycles. The Morgan fingerprint density at radius 3 is 2.09 bits per heavy atom. The fourth-order valence-corrected chi connectivity index (χ4v) is 3.23. The average Bonchev–Trinajstić information content (AvgIpc) is 2.46. The highest BCUT2D eigenvalue weighted by molar-refractivity contribution is 7.91. The number of carbonyl (C=O) groups excluding carboxylic acids is 1. The summed E-state index contributed by atoms with van der Waals surface area (Å²) in [6, 6.07) is 8.51. The van der Waals surface area contributed by atoms with Crippen LogP contribution >= 0.6 is 0 Å². The molecule has 2 rings (SSSR count). The van der Waals surface area contributed by atoms with Crippen LogP contribution in [0.4, 0.5) is 5.69 Å². The minimum atomic E-state index is -3.26. The minimum absolute atomic E-state index is 0.294. The molecule has 122 valence electrons. The number of rotatable bonds is 4. The average molecular weight is 324 g/mol. The standard InChI is InChI=1S/C16H24N2O3S/c1-13(2)14-4-6-15(7-5-14)17-8-10-18(11-9-17)16(19)12-22(3,20)21/h4-7,13H,8-12H2,1-3H3. The van der Waals surface area contributed by atoms with Crippen LogP contribution in [0, 0.1) is 0 Å². The van der Waals surface area contributed by atoms with Crippen LogP contribution in [0.15, 0.2) is 24.3 Å². The lowest BCUT2D eigenvalue weighted by Gasteiger charge is -2.36. The number of anilines is 1. The van der Waals surface area contributed by atoms with E-state index < -0.39 is 15.6 Å².